The van der Waals surface area contributed by atoms with Crippen LogP contribution in [0.4, 0.5) is 5.69 Å². The SMILES string of the molecule is CSc1ccccc1NC(=O)C(C)n1nc(-n2nc(C)cc2C)ccc1=O. The van der Waals surface area contributed by atoms with Crippen LogP contribution in [0.1, 0.15) is 24.4 Å². The van der Waals surface area contributed by atoms with Gasteiger partial charge < -0.3 is 5.32 Å². The number of hydrogen-bond donors (Lipinski definition) is 1. The van der Waals surface area contributed by atoms with Crippen molar-refractivity contribution in [2.45, 2.75) is 31.7 Å². The molecule has 1 unspecified atom stereocenters. The highest BCUT2D eigenvalue weighted by molar-refractivity contribution is 7.98. The van der Waals surface area contributed by atoms with E-state index in [9.17, 15) is 9.59 Å². The first-order valence-electron chi connectivity index (χ1n) is 8.48. The second-order valence-corrected chi connectivity index (χ2v) is 7.03. The lowest BCUT2D eigenvalue weighted by Gasteiger charge is -2.16. The van der Waals surface area contributed by atoms with E-state index >= 15 is 0 Å². The molecule has 27 heavy (non-hydrogen) atoms. The molecule has 0 aliphatic heterocycles. The number of hydrogen-bond acceptors (Lipinski definition) is 5. The summed E-state index contributed by atoms with van der Waals surface area (Å²) in [6, 6.07) is 11.7. The first kappa shape index (κ1) is 18.9. The molecule has 3 aromatic rings. The Morgan fingerprint density at radius 2 is 1.89 bits per heavy atom. The fourth-order valence-electron chi connectivity index (χ4n) is 2.76. The molecule has 0 bridgehead atoms. The molecule has 0 fully saturated rings. The van der Waals surface area contributed by atoms with Gasteiger partial charge in [-0.2, -0.15) is 5.10 Å². The molecule has 0 aliphatic carbocycles. The van der Waals surface area contributed by atoms with Gasteiger partial charge in [-0.3, -0.25) is 9.59 Å². The van der Waals surface area contributed by atoms with E-state index in [1.54, 1.807) is 29.4 Å². The molecular weight excluding hydrogens is 362 g/mol. The molecule has 0 radical (unpaired) electrons. The van der Waals surface area contributed by atoms with Crippen molar-refractivity contribution in [3.8, 4) is 5.82 Å². The van der Waals surface area contributed by atoms with Crippen LogP contribution in [0.2, 0.25) is 0 Å². The highest BCUT2D eigenvalue weighted by Crippen LogP contribution is 2.25. The number of carbonyl (C=O) groups excluding carboxylic acids is 1. The molecule has 1 N–H and O–H groups in total. The molecule has 8 heteroatoms. The maximum Gasteiger partial charge on any atom is 0.267 e. The minimum Gasteiger partial charge on any atom is -0.323 e. The first-order chi connectivity index (χ1) is 12.9. The summed E-state index contributed by atoms with van der Waals surface area (Å²) in [5, 5.41) is 11.6. The van der Waals surface area contributed by atoms with Crippen molar-refractivity contribution in [2.75, 3.05) is 11.6 Å². The summed E-state index contributed by atoms with van der Waals surface area (Å²) in [5.74, 6) is 0.181. The Kier molecular flexibility index (Phi) is 5.46. The number of nitrogens with one attached hydrogen (secondary N) is 1. The monoisotopic (exact) mass is 383 g/mol. The van der Waals surface area contributed by atoms with E-state index in [0.29, 0.717) is 11.5 Å². The van der Waals surface area contributed by atoms with Crippen molar-refractivity contribution in [3.05, 3.63) is 64.2 Å². The zero-order valence-corrected chi connectivity index (χ0v) is 16.4. The summed E-state index contributed by atoms with van der Waals surface area (Å²) in [7, 11) is 0. The number of carbonyl (C=O) groups is 1. The van der Waals surface area contributed by atoms with Gasteiger partial charge >= 0.3 is 0 Å². The van der Waals surface area contributed by atoms with E-state index in [0.717, 1.165) is 16.3 Å². The summed E-state index contributed by atoms with van der Waals surface area (Å²) in [5.41, 5.74) is 2.12. The molecule has 7 nitrogen and oxygen atoms in total. The lowest BCUT2D eigenvalue weighted by molar-refractivity contribution is -0.119. The summed E-state index contributed by atoms with van der Waals surface area (Å²) in [4.78, 5) is 26.0. The van der Waals surface area contributed by atoms with Crippen molar-refractivity contribution in [2.24, 2.45) is 0 Å². The quantitative estimate of drug-likeness (QED) is 0.685. The number of para-hydroxylation sites is 1. The number of aromatic nitrogens is 4. The average molecular weight is 383 g/mol. The highest BCUT2D eigenvalue weighted by Gasteiger charge is 2.19. The van der Waals surface area contributed by atoms with Gasteiger partial charge in [-0.05, 0) is 51.3 Å². The fraction of sp³-hybridized carbons (Fsp3) is 0.263. The van der Waals surface area contributed by atoms with Crippen LogP contribution in [0.3, 0.4) is 0 Å². The Hall–Kier alpha value is -2.87. The molecule has 1 aromatic carbocycles. The average Bonchev–Trinajstić information content (AvgIpc) is 3.00. The molecule has 1 amide bonds. The molecular formula is C19H21N5O2S. The smallest absolute Gasteiger partial charge is 0.267 e. The Balaban J connectivity index is 1.91. The van der Waals surface area contributed by atoms with Gasteiger partial charge in [0.05, 0.1) is 11.4 Å². The molecule has 0 spiro atoms. The van der Waals surface area contributed by atoms with Crippen LogP contribution in [0.25, 0.3) is 5.82 Å². The lowest BCUT2D eigenvalue weighted by atomic mass is 10.2. The Bertz CT molecular complexity index is 1040. The zero-order chi connectivity index (χ0) is 19.6. The van der Waals surface area contributed by atoms with Crippen molar-refractivity contribution in [1.29, 1.82) is 0 Å². The third-order valence-electron chi connectivity index (χ3n) is 4.15. The van der Waals surface area contributed by atoms with E-state index in [-0.39, 0.29) is 11.5 Å². The summed E-state index contributed by atoms with van der Waals surface area (Å²) in [6.07, 6.45) is 1.94. The number of aryl methyl sites for hydroxylation is 2. The van der Waals surface area contributed by atoms with Crippen LogP contribution in [0.15, 0.2) is 52.2 Å². The molecule has 0 saturated heterocycles. The van der Waals surface area contributed by atoms with Crippen molar-refractivity contribution in [3.63, 3.8) is 0 Å². The van der Waals surface area contributed by atoms with Crippen molar-refractivity contribution in [1.82, 2.24) is 19.6 Å². The van der Waals surface area contributed by atoms with Crippen LogP contribution in [0.5, 0.6) is 0 Å². The van der Waals surface area contributed by atoms with Gasteiger partial charge in [0.25, 0.3) is 5.56 Å². The van der Waals surface area contributed by atoms with Gasteiger partial charge in [0.1, 0.15) is 6.04 Å². The van der Waals surface area contributed by atoms with E-state index in [4.69, 9.17) is 0 Å². The number of benzene rings is 1. The fourth-order valence-corrected chi connectivity index (χ4v) is 3.32. The van der Waals surface area contributed by atoms with Crippen LogP contribution >= 0.6 is 11.8 Å². The molecule has 3 rings (SSSR count). The minimum absolute atomic E-state index is 0.309. The van der Waals surface area contributed by atoms with Crippen LogP contribution in [-0.2, 0) is 4.79 Å². The summed E-state index contributed by atoms with van der Waals surface area (Å²) in [6.45, 7) is 5.45. The largest absolute Gasteiger partial charge is 0.323 e. The van der Waals surface area contributed by atoms with Gasteiger partial charge in [-0.25, -0.2) is 9.36 Å². The van der Waals surface area contributed by atoms with Gasteiger partial charge in [0.15, 0.2) is 5.82 Å². The normalized spacial score (nSPS) is 12.0. The second-order valence-electron chi connectivity index (χ2n) is 6.18. The maximum absolute atomic E-state index is 12.7. The lowest BCUT2D eigenvalue weighted by Crippen LogP contribution is -2.33. The predicted octanol–water partition coefficient (Wildman–Crippen LogP) is 2.97. The highest BCUT2D eigenvalue weighted by atomic mass is 32.2. The standard InChI is InChI=1S/C19H21N5O2S/c1-12-11-13(2)23(21-12)17-9-10-18(25)24(22-17)14(3)19(26)20-15-7-5-6-8-16(15)27-4/h5-11,14H,1-4H3,(H,20,26). The maximum atomic E-state index is 12.7. The van der Waals surface area contributed by atoms with Crippen LogP contribution in [-0.4, -0.2) is 31.7 Å². The van der Waals surface area contributed by atoms with E-state index in [1.165, 1.54) is 10.7 Å². The van der Waals surface area contributed by atoms with E-state index in [2.05, 4.69) is 15.5 Å². The number of anilines is 1. The van der Waals surface area contributed by atoms with Crippen LogP contribution in [0, 0.1) is 13.8 Å². The Morgan fingerprint density at radius 1 is 1.15 bits per heavy atom. The number of rotatable bonds is 5. The van der Waals surface area contributed by atoms with E-state index in [1.807, 2.05) is 50.4 Å². The number of nitrogens with zero attached hydrogens (tertiary/aromatic N) is 4. The zero-order valence-electron chi connectivity index (χ0n) is 15.6. The molecule has 0 saturated carbocycles. The minimum atomic E-state index is -0.774. The number of amides is 1. The number of thioether (sulfide) groups is 1. The molecule has 2 heterocycles. The molecule has 1 atom stereocenters. The third-order valence-corrected chi connectivity index (χ3v) is 4.94. The molecule has 140 valence electrons. The topological polar surface area (TPSA) is 81.8 Å². The molecule has 2 aromatic heterocycles. The first-order valence-corrected chi connectivity index (χ1v) is 9.70. The summed E-state index contributed by atoms with van der Waals surface area (Å²) >= 11 is 1.54. The van der Waals surface area contributed by atoms with E-state index < -0.39 is 6.04 Å². The van der Waals surface area contributed by atoms with Gasteiger partial charge in [0, 0.05) is 16.7 Å². The van der Waals surface area contributed by atoms with Gasteiger partial charge in [-0.15, -0.1) is 16.9 Å². The third kappa shape index (κ3) is 3.95. The second kappa shape index (κ2) is 7.79. The summed E-state index contributed by atoms with van der Waals surface area (Å²) < 4.78 is 2.84. The Morgan fingerprint density at radius 3 is 2.56 bits per heavy atom. The van der Waals surface area contributed by atoms with Crippen LogP contribution < -0.4 is 10.9 Å². The van der Waals surface area contributed by atoms with Gasteiger partial charge in [0.2, 0.25) is 5.91 Å². The van der Waals surface area contributed by atoms with Crippen molar-refractivity contribution >= 4 is 23.4 Å². The van der Waals surface area contributed by atoms with Gasteiger partial charge in [-0.1, -0.05) is 12.1 Å². The van der Waals surface area contributed by atoms with Crippen molar-refractivity contribution < 1.29 is 4.79 Å². The molecule has 0 aliphatic rings. The Labute approximate surface area is 161 Å². The predicted molar refractivity (Wildman–Crippen MR) is 107 cm³/mol.